The van der Waals surface area contributed by atoms with Gasteiger partial charge in [0.15, 0.2) is 0 Å². The van der Waals surface area contributed by atoms with Gasteiger partial charge < -0.3 is 4.74 Å². The van der Waals surface area contributed by atoms with Crippen molar-refractivity contribution in [1.82, 2.24) is 0 Å². The van der Waals surface area contributed by atoms with Gasteiger partial charge in [-0.3, -0.25) is 4.84 Å². The number of ether oxygens (including phenoxy) is 1. The molecule has 0 fully saturated rings. The van der Waals surface area contributed by atoms with Gasteiger partial charge in [-0.25, -0.2) is 5.90 Å². The topological polar surface area (TPSA) is 44.5 Å². The van der Waals surface area contributed by atoms with E-state index in [1.165, 1.54) is 0 Å². The Bertz CT molecular complexity index is 286. The molecule has 0 amide bonds. The molecule has 3 heteroatoms. The van der Waals surface area contributed by atoms with Crippen LogP contribution in [0.2, 0.25) is 0 Å². The standard InChI is InChI=1S/C10H15NO2/c1-7-4-5-9(8(2)13-11)6-10(7)12-3/h4-6,8H,11H2,1-3H3. The van der Waals surface area contributed by atoms with Crippen molar-refractivity contribution in [2.75, 3.05) is 7.11 Å². The van der Waals surface area contributed by atoms with Crippen LogP contribution in [0.3, 0.4) is 0 Å². The highest BCUT2D eigenvalue weighted by Crippen LogP contribution is 2.23. The highest BCUT2D eigenvalue weighted by molar-refractivity contribution is 5.37. The number of nitrogens with two attached hydrogens (primary N) is 1. The maximum Gasteiger partial charge on any atom is 0.122 e. The van der Waals surface area contributed by atoms with Crippen LogP contribution in [0.25, 0.3) is 0 Å². The Kier molecular flexibility index (Phi) is 3.28. The summed E-state index contributed by atoms with van der Waals surface area (Å²) in [5, 5.41) is 0. The van der Waals surface area contributed by atoms with E-state index in [1.807, 2.05) is 32.0 Å². The summed E-state index contributed by atoms with van der Waals surface area (Å²) in [5.74, 6) is 5.96. The first-order valence-electron chi connectivity index (χ1n) is 4.19. The summed E-state index contributed by atoms with van der Waals surface area (Å²) in [6.45, 7) is 3.89. The largest absolute Gasteiger partial charge is 0.496 e. The smallest absolute Gasteiger partial charge is 0.122 e. The Morgan fingerprint density at radius 1 is 1.38 bits per heavy atom. The van der Waals surface area contributed by atoms with Gasteiger partial charge in [-0.1, -0.05) is 12.1 Å². The Balaban J connectivity index is 2.99. The summed E-state index contributed by atoms with van der Waals surface area (Å²) >= 11 is 0. The zero-order valence-electron chi connectivity index (χ0n) is 8.20. The molecule has 1 atom stereocenters. The minimum atomic E-state index is -0.102. The van der Waals surface area contributed by atoms with Gasteiger partial charge in [0.1, 0.15) is 11.9 Å². The number of aryl methyl sites for hydroxylation is 1. The van der Waals surface area contributed by atoms with Crippen molar-refractivity contribution < 1.29 is 9.57 Å². The first-order chi connectivity index (χ1) is 6.19. The van der Waals surface area contributed by atoms with Gasteiger partial charge in [0.2, 0.25) is 0 Å². The monoisotopic (exact) mass is 181 g/mol. The highest BCUT2D eigenvalue weighted by Gasteiger charge is 2.06. The minimum absolute atomic E-state index is 0.102. The van der Waals surface area contributed by atoms with Crippen LogP contribution in [0.4, 0.5) is 0 Å². The van der Waals surface area contributed by atoms with Gasteiger partial charge in [0.05, 0.1) is 7.11 Å². The van der Waals surface area contributed by atoms with Crippen molar-refractivity contribution in [1.29, 1.82) is 0 Å². The second-order valence-corrected chi connectivity index (χ2v) is 3.01. The molecule has 0 heterocycles. The van der Waals surface area contributed by atoms with E-state index < -0.39 is 0 Å². The zero-order valence-corrected chi connectivity index (χ0v) is 8.20. The molecule has 0 spiro atoms. The van der Waals surface area contributed by atoms with E-state index in [1.54, 1.807) is 7.11 Å². The predicted molar refractivity (Wildman–Crippen MR) is 51.4 cm³/mol. The number of methoxy groups -OCH3 is 1. The Morgan fingerprint density at radius 3 is 2.62 bits per heavy atom. The molecular weight excluding hydrogens is 166 g/mol. The third kappa shape index (κ3) is 2.20. The summed E-state index contributed by atoms with van der Waals surface area (Å²) in [6.07, 6.45) is -0.102. The molecule has 0 saturated carbocycles. The van der Waals surface area contributed by atoms with E-state index in [9.17, 15) is 0 Å². The average Bonchev–Trinajstić information content (AvgIpc) is 2.17. The lowest BCUT2D eigenvalue weighted by Crippen LogP contribution is -2.05. The highest BCUT2D eigenvalue weighted by atomic mass is 16.6. The maximum atomic E-state index is 5.18. The van der Waals surface area contributed by atoms with E-state index >= 15 is 0 Å². The first-order valence-corrected chi connectivity index (χ1v) is 4.19. The van der Waals surface area contributed by atoms with Crippen LogP contribution in [0.1, 0.15) is 24.2 Å². The van der Waals surface area contributed by atoms with Crippen LogP contribution in [0, 0.1) is 6.92 Å². The van der Waals surface area contributed by atoms with Crippen molar-refractivity contribution in [3.63, 3.8) is 0 Å². The Labute approximate surface area is 78.4 Å². The fraction of sp³-hybridized carbons (Fsp3) is 0.400. The van der Waals surface area contributed by atoms with Crippen LogP contribution in [0.5, 0.6) is 5.75 Å². The van der Waals surface area contributed by atoms with Crippen molar-refractivity contribution in [3.8, 4) is 5.75 Å². The number of hydrogen-bond acceptors (Lipinski definition) is 3. The molecule has 0 radical (unpaired) electrons. The lowest BCUT2D eigenvalue weighted by Gasteiger charge is -2.11. The molecule has 0 bridgehead atoms. The normalized spacial score (nSPS) is 12.6. The summed E-state index contributed by atoms with van der Waals surface area (Å²) in [4.78, 5) is 4.72. The van der Waals surface area contributed by atoms with Crippen LogP contribution in [0.15, 0.2) is 18.2 Å². The summed E-state index contributed by atoms with van der Waals surface area (Å²) < 4.78 is 5.18. The number of hydrogen-bond donors (Lipinski definition) is 1. The lowest BCUT2D eigenvalue weighted by atomic mass is 10.1. The van der Waals surface area contributed by atoms with Crippen molar-refractivity contribution in [2.24, 2.45) is 5.90 Å². The minimum Gasteiger partial charge on any atom is -0.496 e. The van der Waals surface area contributed by atoms with Crippen LogP contribution in [-0.4, -0.2) is 7.11 Å². The van der Waals surface area contributed by atoms with E-state index in [4.69, 9.17) is 15.5 Å². The number of rotatable bonds is 3. The van der Waals surface area contributed by atoms with Gasteiger partial charge in [0.25, 0.3) is 0 Å². The molecule has 0 aliphatic heterocycles. The third-order valence-corrected chi connectivity index (χ3v) is 2.11. The molecule has 0 aliphatic rings. The van der Waals surface area contributed by atoms with Crippen molar-refractivity contribution >= 4 is 0 Å². The Morgan fingerprint density at radius 2 is 2.08 bits per heavy atom. The first kappa shape index (κ1) is 10.0. The van der Waals surface area contributed by atoms with E-state index in [0.29, 0.717) is 0 Å². The van der Waals surface area contributed by atoms with Crippen LogP contribution < -0.4 is 10.6 Å². The Hall–Kier alpha value is -1.06. The lowest BCUT2D eigenvalue weighted by molar-refractivity contribution is 0.0662. The van der Waals surface area contributed by atoms with Gasteiger partial charge in [-0.2, -0.15) is 0 Å². The molecule has 1 unspecified atom stereocenters. The fourth-order valence-electron chi connectivity index (χ4n) is 1.17. The van der Waals surface area contributed by atoms with E-state index in [-0.39, 0.29) is 6.10 Å². The second kappa shape index (κ2) is 4.25. The van der Waals surface area contributed by atoms with Gasteiger partial charge in [0, 0.05) is 0 Å². The molecule has 2 N–H and O–H groups in total. The van der Waals surface area contributed by atoms with Gasteiger partial charge in [-0.05, 0) is 31.0 Å². The van der Waals surface area contributed by atoms with Crippen molar-refractivity contribution in [2.45, 2.75) is 20.0 Å². The van der Waals surface area contributed by atoms with E-state index in [0.717, 1.165) is 16.9 Å². The molecule has 1 rings (SSSR count). The summed E-state index contributed by atoms with van der Waals surface area (Å²) in [7, 11) is 1.65. The second-order valence-electron chi connectivity index (χ2n) is 3.01. The molecule has 1 aromatic carbocycles. The molecule has 72 valence electrons. The summed E-state index contributed by atoms with van der Waals surface area (Å²) in [6, 6.07) is 5.91. The molecular formula is C10H15NO2. The number of benzene rings is 1. The van der Waals surface area contributed by atoms with Gasteiger partial charge >= 0.3 is 0 Å². The molecule has 13 heavy (non-hydrogen) atoms. The molecule has 0 saturated heterocycles. The summed E-state index contributed by atoms with van der Waals surface area (Å²) in [5.41, 5.74) is 2.13. The van der Waals surface area contributed by atoms with Crippen LogP contribution >= 0.6 is 0 Å². The molecule has 3 nitrogen and oxygen atoms in total. The average molecular weight is 181 g/mol. The third-order valence-electron chi connectivity index (χ3n) is 2.11. The van der Waals surface area contributed by atoms with E-state index in [2.05, 4.69) is 0 Å². The molecule has 0 aliphatic carbocycles. The zero-order chi connectivity index (χ0) is 9.84. The van der Waals surface area contributed by atoms with Crippen molar-refractivity contribution in [3.05, 3.63) is 29.3 Å². The predicted octanol–water partition coefficient (Wildman–Crippen LogP) is 1.95. The maximum absolute atomic E-state index is 5.18. The quantitative estimate of drug-likeness (QED) is 0.725. The molecule has 0 aromatic heterocycles. The fourth-order valence-corrected chi connectivity index (χ4v) is 1.17. The van der Waals surface area contributed by atoms with Crippen LogP contribution in [-0.2, 0) is 4.84 Å². The molecule has 1 aromatic rings. The SMILES string of the molecule is COc1cc(C(C)ON)ccc1C. The van der Waals surface area contributed by atoms with Gasteiger partial charge in [-0.15, -0.1) is 0 Å².